The van der Waals surface area contributed by atoms with Crippen LogP contribution in [0.15, 0.2) is 22.2 Å². The standard InChI is InChI=1S/C18H21N3O4S2/c1-3-25-17(24)15-11-5-4-10(2)8-12(11)27-16(15)20-14(23)9-26-18-19-7-6-13(22)21-18/h6-7,10H,3-5,8-9H2,1-2H3,(H,20,23)(H,19,21,22)/t10-/m0/s1. The number of fused-ring (bicyclic) bond motifs is 1. The van der Waals surface area contributed by atoms with E-state index in [1.54, 1.807) is 6.92 Å². The van der Waals surface area contributed by atoms with Gasteiger partial charge in [-0.05, 0) is 37.7 Å². The van der Waals surface area contributed by atoms with Crippen LogP contribution in [0, 0.1) is 5.92 Å². The molecule has 144 valence electrons. The van der Waals surface area contributed by atoms with Gasteiger partial charge in [0.15, 0.2) is 5.16 Å². The summed E-state index contributed by atoms with van der Waals surface area (Å²) in [6, 6.07) is 1.31. The van der Waals surface area contributed by atoms with Gasteiger partial charge in [0, 0.05) is 17.1 Å². The van der Waals surface area contributed by atoms with Crippen molar-refractivity contribution >= 4 is 40.0 Å². The van der Waals surface area contributed by atoms with E-state index >= 15 is 0 Å². The molecule has 0 bridgehead atoms. The molecule has 0 saturated carbocycles. The van der Waals surface area contributed by atoms with E-state index in [1.807, 2.05) is 0 Å². The molecule has 2 N–H and O–H groups in total. The minimum atomic E-state index is -0.387. The highest BCUT2D eigenvalue weighted by Crippen LogP contribution is 2.40. The molecule has 1 amide bonds. The number of esters is 1. The van der Waals surface area contributed by atoms with E-state index in [0.717, 1.165) is 41.5 Å². The number of thiophene rings is 1. The number of anilines is 1. The second-order valence-electron chi connectivity index (χ2n) is 6.35. The van der Waals surface area contributed by atoms with Crippen LogP contribution in [0.5, 0.6) is 0 Å². The van der Waals surface area contributed by atoms with Crippen molar-refractivity contribution in [3.05, 3.63) is 38.6 Å². The molecule has 27 heavy (non-hydrogen) atoms. The SMILES string of the molecule is CCOC(=O)c1c(NC(=O)CSc2nccc(=O)[nH]2)sc2c1CC[C@H](C)C2. The van der Waals surface area contributed by atoms with E-state index in [0.29, 0.717) is 21.6 Å². The molecule has 0 aromatic carbocycles. The molecule has 0 saturated heterocycles. The third kappa shape index (κ3) is 4.78. The average molecular weight is 408 g/mol. The summed E-state index contributed by atoms with van der Waals surface area (Å²) < 4.78 is 5.21. The number of hydrogen-bond donors (Lipinski definition) is 2. The van der Waals surface area contributed by atoms with Gasteiger partial charge in [0.1, 0.15) is 5.00 Å². The van der Waals surface area contributed by atoms with E-state index < -0.39 is 0 Å². The Kier molecular flexibility index (Phi) is 6.33. The fraction of sp³-hybridized carbons (Fsp3) is 0.444. The monoisotopic (exact) mass is 407 g/mol. The molecule has 0 radical (unpaired) electrons. The van der Waals surface area contributed by atoms with Gasteiger partial charge in [0.25, 0.3) is 5.56 Å². The van der Waals surface area contributed by atoms with Crippen LogP contribution in [-0.4, -0.2) is 34.2 Å². The summed E-state index contributed by atoms with van der Waals surface area (Å²) in [6.45, 7) is 4.24. The molecule has 1 aliphatic rings. The topological polar surface area (TPSA) is 101 Å². The fourth-order valence-electron chi connectivity index (χ4n) is 2.98. The van der Waals surface area contributed by atoms with Crippen molar-refractivity contribution in [2.75, 3.05) is 17.7 Å². The van der Waals surface area contributed by atoms with Crippen molar-refractivity contribution in [2.24, 2.45) is 5.92 Å². The molecular weight excluding hydrogens is 386 g/mol. The summed E-state index contributed by atoms with van der Waals surface area (Å²) in [5.74, 6) is -0.00897. The first kappa shape index (κ1) is 19.6. The quantitative estimate of drug-likeness (QED) is 0.434. The van der Waals surface area contributed by atoms with Crippen molar-refractivity contribution in [3.63, 3.8) is 0 Å². The van der Waals surface area contributed by atoms with Crippen molar-refractivity contribution in [1.82, 2.24) is 9.97 Å². The lowest BCUT2D eigenvalue weighted by Crippen LogP contribution is -2.18. The number of ether oxygens (including phenoxy) is 1. The van der Waals surface area contributed by atoms with Gasteiger partial charge in [0.05, 0.1) is 17.9 Å². The smallest absolute Gasteiger partial charge is 0.341 e. The Morgan fingerprint density at radius 1 is 1.48 bits per heavy atom. The number of nitrogens with zero attached hydrogens (tertiary/aromatic N) is 1. The summed E-state index contributed by atoms with van der Waals surface area (Å²) in [5.41, 5.74) is 1.24. The van der Waals surface area contributed by atoms with Crippen LogP contribution in [0.4, 0.5) is 5.00 Å². The van der Waals surface area contributed by atoms with E-state index in [-0.39, 0.29) is 29.8 Å². The van der Waals surface area contributed by atoms with Gasteiger partial charge in [0.2, 0.25) is 5.91 Å². The number of amides is 1. The number of nitrogens with one attached hydrogen (secondary N) is 2. The second kappa shape index (κ2) is 8.71. The molecular formula is C18H21N3O4S2. The molecule has 2 aromatic heterocycles. The molecule has 2 aromatic rings. The molecule has 1 aliphatic carbocycles. The summed E-state index contributed by atoms with van der Waals surface area (Å²) in [6.07, 6.45) is 4.14. The zero-order valence-electron chi connectivity index (χ0n) is 15.2. The Morgan fingerprint density at radius 2 is 2.30 bits per heavy atom. The van der Waals surface area contributed by atoms with Gasteiger partial charge in [-0.1, -0.05) is 18.7 Å². The lowest BCUT2D eigenvalue weighted by Gasteiger charge is -2.18. The van der Waals surface area contributed by atoms with E-state index in [1.165, 1.54) is 23.6 Å². The van der Waals surface area contributed by atoms with Gasteiger partial charge in [-0.3, -0.25) is 9.59 Å². The van der Waals surface area contributed by atoms with Crippen LogP contribution >= 0.6 is 23.1 Å². The van der Waals surface area contributed by atoms with Crippen LogP contribution in [-0.2, 0) is 22.4 Å². The zero-order valence-corrected chi connectivity index (χ0v) is 16.8. The third-order valence-electron chi connectivity index (χ3n) is 4.23. The normalized spacial score (nSPS) is 15.9. The Balaban J connectivity index is 1.75. The third-order valence-corrected chi connectivity index (χ3v) is 6.29. The van der Waals surface area contributed by atoms with Gasteiger partial charge < -0.3 is 15.0 Å². The highest BCUT2D eigenvalue weighted by Gasteiger charge is 2.29. The van der Waals surface area contributed by atoms with Crippen LogP contribution in [0.25, 0.3) is 0 Å². The maximum atomic E-state index is 12.5. The minimum absolute atomic E-state index is 0.0776. The Labute approximate surface area is 164 Å². The predicted octanol–water partition coefficient (Wildman–Crippen LogP) is 2.86. The highest BCUT2D eigenvalue weighted by atomic mass is 32.2. The molecule has 0 unspecified atom stereocenters. The van der Waals surface area contributed by atoms with Crippen molar-refractivity contribution in [2.45, 2.75) is 38.3 Å². The molecule has 0 aliphatic heterocycles. The average Bonchev–Trinajstić information content (AvgIpc) is 2.97. The molecule has 2 heterocycles. The van der Waals surface area contributed by atoms with Gasteiger partial charge in [-0.15, -0.1) is 11.3 Å². The second-order valence-corrected chi connectivity index (χ2v) is 8.42. The molecule has 0 spiro atoms. The Hall–Kier alpha value is -2.13. The number of carbonyl (C=O) groups is 2. The fourth-order valence-corrected chi connectivity index (χ4v) is 5.04. The van der Waals surface area contributed by atoms with Crippen molar-refractivity contribution in [3.8, 4) is 0 Å². The molecule has 1 atom stereocenters. The zero-order chi connectivity index (χ0) is 19.4. The lowest BCUT2D eigenvalue weighted by molar-refractivity contribution is -0.113. The van der Waals surface area contributed by atoms with Crippen LogP contribution in [0.1, 0.15) is 41.1 Å². The summed E-state index contributed by atoms with van der Waals surface area (Å²) in [7, 11) is 0. The Bertz CT molecular complexity index is 906. The number of H-pyrrole nitrogens is 1. The van der Waals surface area contributed by atoms with Gasteiger partial charge in [-0.2, -0.15) is 0 Å². The van der Waals surface area contributed by atoms with E-state index in [4.69, 9.17) is 4.74 Å². The minimum Gasteiger partial charge on any atom is -0.462 e. The highest BCUT2D eigenvalue weighted by molar-refractivity contribution is 7.99. The molecule has 9 heteroatoms. The Morgan fingerprint density at radius 3 is 3.04 bits per heavy atom. The first-order valence-corrected chi connectivity index (χ1v) is 10.6. The van der Waals surface area contributed by atoms with Crippen LogP contribution < -0.4 is 10.9 Å². The van der Waals surface area contributed by atoms with Crippen LogP contribution in [0.2, 0.25) is 0 Å². The number of aromatic amines is 1. The number of thioether (sulfide) groups is 1. The van der Waals surface area contributed by atoms with Crippen molar-refractivity contribution < 1.29 is 14.3 Å². The van der Waals surface area contributed by atoms with Crippen molar-refractivity contribution in [1.29, 1.82) is 0 Å². The number of hydrogen-bond acceptors (Lipinski definition) is 7. The van der Waals surface area contributed by atoms with E-state index in [2.05, 4.69) is 22.2 Å². The molecule has 3 rings (SSSR count). The molecule has 0 fully saturated rings. The first-order chi connectivity index (χ1) is 13.0. The van der Waals surface area contributed by atoms with Gasteiger partial charge >= 0.3 is 5.97 Å². The van der Waals surface area contributed by atoms with Crippen LogP contribution in [0.3, 0.4) is 0 Å². The lowest BCUT2D eigenvalue weighted by atomic mass is 9.88. The number of aromatic nitrogens is 2. The summed E-state index contributed by atoms with van der Waals surface area (Å²) in [4.78, 5) is 43.8. The molecule has 7 nitrogen and oxygen atoms in total. The number of carbonyl (C=O) groups excluding carboxylic acids is 2. The summed E-state index contributed by atoms with van der Waals surface area (Å²) in [5, 5.41) is 3.77. The number of rotatable bonds is 6. The maximum Gasteiger partial charge on any atom is 0.341 e. The van der Waals surface area contributed by atoms with E-state index in [9.17, 15) is 14.4 Å². The summed E-state index contributed by atoms with van der Waals surface area (Å²) >= 11 is 2.59. The maximum absolute atomic E-state index is 12.5. The largest absolute Gasteiger partial charge is 0.462 e. The predicted molar refractivity (Wildman–Crippen MR) is 106 cm³/mol. The first-order valence-electron chi connectivity index (χ1n) is 8.77. The van der Waals surface area contributed by atoms with Gasteiger partial charge in [-0.25, -0.2) is 9.78 Å².